The SMILES string of the molecule is C=C(NC(=O)OC(C)(C)C)Nc1ccc2c(c1)nc(-c1ccc(-c3nc4cc(N=C(C)NC(=O)OC(C)(C)C)ccc4n3C)cc1)n2C. The minimum absolute atomic E-state index is 0.298. The van der Waals surface area contributed by atoms with Crippen LogP contribution in [0.15, 0.2) is 78.1 Å². The van der Waals surface area contributed by atoms with Crippen LogP contribution in [0.3, 0.4) is 0 Å². The lowest BCUT2D eigenvalue weighted by Crippen LogP contribution is -2.35. The number of nitrogens with zero attached hydrogens (tertiary/aromatic N) is 5. The van der Waals surface area contributed by atoms with Crippen molar-refractivity contribution in [3.05, 3.63) is 73.1 Å². The molecule has 3 aromatic carbocycles. The normalized spacial score (nSPS) is 12.2. The van der Waals surface area contributed by atoms with E-state index in [1.807, 2.05) is 105 Å². The molecule has 2 aromatic heterocycles. The number of anilines is 1. The number of ether oxygens (including phenoxy) is 2. The number of amidine groups is 1. The molecule has 0 atom stereocenters. The molecule has 0 saturated heterocycles. The third-order valence-corrected chi connectivity index (χ3v) is 7.07. The maximum atomic E-state index is 12.1. The minimum atomic E-state index is -0.610. The Balaban J connectivity index is 1.32. The minimum Gasteiger partial charge on any atom is -0.444 e. The smallest absolute Gasteiger partial charge is 0.413 e. The molecule has 0 aliphatic rings. The summed E-state index contributed by atoms with van der Waals surface area (Å²) >= 11 is 0. The monoisotopic (exact) mass is 650 g/mol. The number of benzene rings is 3. The van der Waals surface area contributed by atoms with Crippen molar-refractivity contribution in [2.45, 2.75) is 59.7 Å². The topological polar surface area (TPSA) is 137 Å². The van der Waals surface area contributed by atoms with E-state index in [0.29, 0.717) is 17.3 Å². The van der Waals surface area contributed by atoms with Crippen LogP contribution in [0, 0.1) is 0 Å². The predicted octanol–water partition coefficient (Wildman–Crippen LogP) is 7.78. The average Bonchev–Trinajstić information content (AvgIpc) is 3.46. The van der Waals surface area contributed by atoms with Crippen LogP contribution >= 0.6 is 0 Å². The van der Waals surface area contributed by atoms with Gasteiger partial charge < -0.3 is 23.9 Å². The molecule has 0 saturated carbocycles. The molecule has 2 amide bonds. The highest BCUT2D eigenvalue weighted by atomic mass is 16.6. The summed E-state index contributed by atoms with van der Waals surface area (Å²) in [6, 6.07) is 19.6. The molecule has 250 valence electrons. The van der Waals surface area contributed by atoms with Gasteiger partial charge in [-0.05, 0) is 84.9 Å². The van der Waals surface area contributed by atoms with Gasteiger partial charge in [0.05, 0.1) is 27.8 Å². The molecule has 12 nitrogen and oxygen atoms in total. The summed E-state index contributed by atoms with van der Waals surface area (Å²) in [5, 5.41) is 8.36. The Morgan fingerprint density at radius 3 is 1.73 bits per heavy atom. The summed E-state index contributed by atoms with van der Waals surface area (Å²) < 4.78 is 14.7. The fourth-order valence-corrected chi connectivity index (χ4v) is 5.13. The summed E-state index contributed by atoms with van der Waals surface area (Å²) in [7, 11) is 3.95. The third-order valence-electron chi connectivity index (χ3n) is 7.07. The van der Waals surface area contributed by atoms with Crippen molar-refractivity contribution in [1.29, 1.82) is 0 Å². The number of fused-ring (bicyclic) bond motifs is 2. The standard InChI is InChI=1S/C36H42N8O4/c1-21(39-33(45)47-35(3,4)5)37-25-15-17-29-27(19-25)41-31(43(29)9)23-11-13-24(14-12-23)32-42-28-20-26(16-18-30(28)44(32)10)38-22(2)40-34(46)48-36(6,7)8/h11-20,37H,1H2,2-10H3,(H,39,45)(H,38,40,46). The number of nitrogens with one attached hydrogen (secondary N) is 3. The molecular weight excluding hydrogens is 608 g/mol. The molecule has 5 rings (SSSR count). The second kappa shape index (κ2) is 12.9. The largest absolute Gasteiger partial charge is 0.444 e. The quantitative estimate of drug-likeness (QED) is 0.126. The van der Waals surface area contributed by atoms with Gasteiger partial charge in [-0.2, -0.15) is 0 Å². The van der Waals surface area contributed by atoms with E-state index in [1.165, 1.54) is 0 Å². The van der Waals surface area contributed by atoms with Crippen molar-refractivity contribution in [2.75, 3.05) is 5.32 Å². The molecule has 0 aliphatic carbocycles. The molecular formula is C36H42N8O4. The number of aryl methyl sites for hydroxylation is 2. The number of hydrogen-bond acceptors (Lipinski definition) is 8. The summed E-state index contributed by atoms with van der Waals surface area (Å²) in [6.45, 7) is 16.4. The lowest BCUT2D eigenvalue weighted by Gasteiger charge is -2.20. The first kappa shape index (κ1) is 33.7. The van der Waals surface area contributed by atoms with Crippen LogP contribution in [0.2, 0.25) is 0 Å². The van der Waals surface area contributed by atoms with Gasteiger partial charge in [-0.3, -0.25) is 10.6 Å². The van der Waals surface area contributed by atoms with Crippen LogP contribution in [-0.4, -0.2) is 48.3 Å². The molecule has 0 bridgehead atoms. The van der Waals surface area contributed by atoms with E-state index in [1.54, 1.807) is 27.7 Å². The average molecular weight is 651 g/mol. The second-order valence-corrected chi connectivity index (χ2v) is 13.5. The molecule has 0 unspecified atom stereocenters. The number of rotatable bonds is 6. The van der Waals surface area contributed by atoms with Crippen molar-refractivity contribution in [2.24, 2.45) is 19.1 Å². The van der Waals surface area contributed by atoms with Crippen molar-refractivity contribution < 1.29 is 19.1 Å². The van der Waals surface area contributed by atoms with Gasteiger partial charge in [0.25, 0.3) is 0 Å². The number of hydrogen-bond donors (Lipinski definition) is 3. The zero-order valence-corrected chi connectivity index (χ0v) is 28.8. The lowest BCUT2D eigenvalue weighted by atomic mass is 10.1. The Kier molecular flexibility index (Phi) is 9.03. The number of imidazole rings is 2. The highest BCUT2D eigenvalue weighted by Crippen LogP contribution is 2.30. The van der Waals surface area contributed by atoms with Crippen LogP contribution in [0.4, 0.5) is 21.0 Å². The van der Waals surface area contributed by atoms with Crippen LogP contribution < -0.4 is 16.0 Å². The second-order valence-electron chi connectivity index (χ2n) is 13.5. The number of aliphatic imine (C=N–C) groups is 1. The first-order valence-corrected chi connectivity index (χ1v) is 15.5. The molecule has 12 heteroatoms. The van der Waals surface area contributed by atoms with Gasteiger partial charge in [0.1, 0.15) is 34.5 Å². The molecule has 0 aliphatic heterocycles. The first-order chi connectivity index (χ1) is 22.5. The van der Waals surface area contributed by atoms with Gasteiger partial charge in [0.15, 0.2) is 0 Å². The first-order valence-electron chi connectivity index (χ1n) is 15.5. The van der Waals surface area contributed by atoms with E-state index in [9.17, 15) is 9.59 Å². The van der Waals surface area contributed by atoms with E-state index < -0.39 is 23.4 Å². The van der Waals surface area contributed by atoms with E-state index in [0.717, 1.165) is 50.5 Å². The summed E-state index contributed by atoms with van der Waals surface area (Å²) in [4.78, 5) is 38.5. The number of carbonyl (C=O) groups excluding carboxylic acids is 2. The van der Waals surface area contributed by atoms with Gasteiger partial charge in [-0.15, -0.1) is 0 Å². The maximum Gasteiger partial charge on any atom is 0.413 e. The summed E-state index contributed by atoms with van der Waals surface area (Å²) in [6.07, 6.45) is -1.13. The third kappa shape index (κ3) is 8.00. The number of amides is 2. The number of aromatic nitrogens is 4. The van der Waals surface area contributed by atoms with Gasteiger partial charge in [0, 0.05) is 30.9 Å². The van der Waals surface area contributed by atoms with Gasteiger partial charge in [0.2, 0.25) is 0 Å². The number of carbonyl (C=O) groups is 2. The van der Waals surface area contributed by atoms with Crippen LogP contribution in [0.25, 0.3) is 44.8 Å². The zero-order valence-electron chi connectivity index (χ0n) is 28.8. The molecule has 3 N–H and O–H groups in total. The van der Waals surface area contributed by atoms with Gasteiger partial charge in [-0.1, -0.05) is 30.8 Å². The van der Waals surface area contributed by atoms with Crippen molar-refractivity contribution in [3.8, 4) is 22.8 Å². The molecule has 5 aromatic rings. The van der Waals surface area contributed by atoms with Crippen LogP contribution in [0.1, 0.15) is 48.5 Å². The molecule has 2 heterocycles. The maximum absolute atomic E-state index is 12.1. The van der Waals surface area contributed by atoms with E-state index in [2.05, 4.69) is 27.5 Å². The fourth-order valence-electron chi connectivity index (χ4n) is 5.13. The predicted molar refractivity (Wildman–Crippen MR) is 190 cm³/mol. The Morgan fingerprint density at radius 2 is 1.21 bits per heavy atom. The van der Waals surface area contributed by atoms with Gasteiger partial charge >= 0.3 is 12.2 Å². The lowest BCUT2D eigenvalue weighted by molar-refractivity contribution is 0.0540. The Morgan fingerprint density at radius 1 is 0.729 bits per heavy atom. The van der Waals surface area contributed by atoms with Crippen LogP contribution in [-0.2, 0) is 23.6 Å². The highest BCUT2D eigenvalue weighted by molar-refractivity contribution is 5.96. The van der Waals surface area contributed by atoms with E-state index >= 15 is 0 Å². The Labute approximate surface area is 279 Å². The highest BCUT2D eigenvalue weighted by Gasteiger charge is 2.18. The Bertz CT molecular complexity index is 2060. The van der Waals surface area contributed by atoms with Crippen molar-refractivity contribution >= 4 is 51.5 Å². The van der Waals surface area contributed by atoms with Crippen LogP contribution in [0.5, 0.6) is 0 Å². The summed E-state index contributed by atoms with van der Waals surface area (Å²) in [5.41, 5.74) is 5.57. The van der Waals surface area contributed by atoms with Crippen molar-refractivity contribution in [1.82, 2.24) is 29.7 Å². The molecule has 48 heavy (non-hydrogen) atoms. The van der Waals surface area contributed by atoms with E-state index in [-0.39, 0.29) is 0 Å². The fraction of sp³-hybridized carbons (Fsp3) is 0.306. The molecule has 0 spiro atoms. The summed E-state index contributed by atoms with van der Waals surface area (Å²) in [5.74, 6) is 2.33. The number of alkyl carbamates (subject to hydrolysis) is 2. The Hall–Kier alpha value is -5.65. The molecule has 0 fully saturated rings. The zero-order chi connectivity index (χ0) is 35.0. The van der Waals surface area contributed by atoms with Gasteiger partial charge in [-0.25, -0.2) is 24.5 Å². The van der Waals surface area contributed by atoms with Crippen molar-refractivity contribution in [3.63, 3.8) is 0 Å². The van der Waals surface area contributed by atoms with E-state index in [4.69, 9.17) is 19.4 Å². The molecule has 0 radical (unpaired) electrons.